The number of hydrogen-bond donors (Lipinski definition) is 1. The molecule has 0 spiro atoms. The van der Waals surface area contributed by atoms with E-state index < -0.39 is 4.92 Å². The van der Waals surface area contributed by atoms with E-state index >= 15 is 0 Å². The second-order valence-corrected chi connectivity index (χ2v) is 4.99. The van der Waals surface area contributed by atoms with Crippen molar-refractivity contribution in [2.75, 3.05) is 24.6 Å². The fourth-order valence-electron chi connectivity index (χ4n) is 2.08. The van der Waals surface area contributed by atoms with Crippen LogP contribution in [0.25, 0.3) is 10.2 Å². The maximum atomic E-state index is 11.3. The third-order valence-electron chi connectivity index (χ3n) is 2.84. The van der Waals surface area contributed by atoms with Gasteiger partial charge in [0.2, 0.25) is 0 Å². The predicted molar refractivity (Wildman–Crippen MR) is 75.9 cm³/mol. The molecule has 102 valence electrons. The van der Waals surface area contributed by atoms with Crippen molar-refractivity contribution >= 4 is 32.9 Å². The summed E-state index contributed by atoms with van der Waals surface area (Å²) < 4.78 is 0.802. The van der Waals surface area contributed by atoms with Crippen LogP contribution in [-0.4, -0.2) is 34.7 Å². The zero-order chi connectivity index (χ0) is 13.8. The highest BCUT2D eigenvalue weighted by Crippen LogP contribution is 2.36. The maximum absolute atomic E-state index is 11.3. The minimum atomic E-state index is -0.391. The third kappa shape index (κ3) is 2.66. The van der Waals surface area contributed by atoms with Crippen LogP contribution in [-0.2, 0) is 0 Å². The standard InChI is InChI=1S/C12H15N3O3S/c1-2-5-14(6-7-16)9-3-4-10-11(13-8-19-10)12(9)15(17)18/h3-4,8,16H,2,5-7H2,1H3. The quantitative estimate of drug-likeness (QED) is 0.649. The topological polar surface area (TPSA) is 79.5 Å². The van der Waals surface area contributed by atoms with Crippen LogP contribution < -0.4 is 4.90 Å². The van der Waals surface area contributed by atoms with Gasteiger partial charge in [0.05, 0.1) is 21.7 Å². The molecule has 0 radical (unpaired) electrons. The Morgan fingerprint density at radius 2 is 2.26 bits per heavy atom. The van der Waals surface area contributed by atoms with E-state index in [1.807, 2.05) is 17.9 Å². The molecule has 0 saturated heterocycles. The molecule has 6 nitrogen and oxygen atoms in total. The Bertz CT molecular complexity index is 579. The van der Waals surface area contributed by atoms with Gasteiger partial charge in [-0.1, -0.05) is 6.92 Å². The zero-order valence-electron chi connectivity index (χ0n) is 10.6. The second kappa shape index (κ2) is 5.94. The van der Waals surface area contributed by atoms with Gasteiger partial charge in [-0.25, -0.2) is 4.98 Å². The van der Waals surface area contributed by atoms with Crippen molar-refractivity contribution in [2.24, 2.45) is 0 Å². The highest BCUT2D eigenvalue weighted by Gasteiger charge is 2.24. The molecule has 0 atom stereocenters. The summed E-state index contributed by atoms with van der Waals surface area (Å²) in [4.78, 5) is 16.9. The molecule has 1 aromatic carbocycles. The monoisotopic (exact) mass is 281 g/mol. The molecule has 1 heterocycles. The number of rotatable bonds is 6. The molecule has 2 aromatic rings. The van der Waals surface area contributed by atoms with Gasteiger partial charge in [-0.15, -0.1) is 11.3 Å². The second-order valence-electron chi connectivity index (χ2n) is 4.10. The number of nitro benzene ring substituents is 1. The number of nitro groups is 1. The summed E-state index contributed by atoms with van der Waals surface area (Å²) in [5.41, 5.74) is 2.59. The van der Waals surface area contributed by atoms with E-state index in [1.54, 1.807) is 11.6 Å². The lowest BCUT2D eigenvalue weighted by atomic mass is 10.2. The summed E-state index contributed by atoms with van der Waals surface area (Å²) in [6.45, 7) is 3.01. The number of anilines is 1. The van der Waals surface area contributed by atoms with Gasteiger partial charge in [0.15, 0.2) is 5.52 Å². The van der Waals surface area contributed by atoms with Gasteiger partial charge in [0.25, 0.3) is 0 Å². The van der Waals surface area contributed by atoms with Crippen LogP contribution in [0.4, 0.5) is 11.4 Å². The first-order chi connectivity index (χ1) is 9.19. The normalized spacial score (nSPS) is 10.8. The summed E-state index contributed by atoms with van der Waals surface area (Å²) in [6, 6.07) is 3.58. The lowest BCUT2D eigenvalue weighted by Crippen LogP contribution is -2.28. The van der Waals surface area contributed by atoms with E-state index in [2.05, 4.69) is 4.98 Å². The molecule has 0 fully saturated rings. The van der Waals surface area contributed by atoms with Gasteiger partial charge < -0.3 is 10.0 Å². The molecular weight excluding hydrogens is 266 g/mol. The average molecular weight is 281 g/mol. The molecule has 0 amide bonds. The van der Waals surface area contributed by atoms with E-state index in [1.165, 1.54) is 11.3 Å². The first kappa shape index (κ1) is 13.7. The van der Waals surface area contributed by atoms with Gasteiger partial charge in [-0.2, -0.15) is 0 Å². The molecule has 0 aliphatic heterocycles. The number of hydrogen-bond acceptors (Lipinski definition) is 6. The number of thiazole rings is 1. The Hall–Kier alpha value is -1.73. The van der Waals surface area contributed by atoms with Crippen LogP contribution in [0.3, 0.4) is 0 Å². The van der Waals surface area contributed by atoms with Gasteiger partial charge in [0, 0.05) is 13.1 Å². The average Bonchev–Trinajstić information content (AvgIpc) is 2.85. The Morgan fingerprint density at radius 3 is 2.89 bits per heavy atom. The van der Waals surface area contributed by atoms with Gasteiger partial charge in [-0.3, -0.25) is 10.1 Å². The van der Waals surface area contributed by atoms with E-state index in [9.17, 15) is 10.1 Å². The van der Waals surface area contributed by atoms with Crippen molar-refractivity contribution in [1.82, 2.24) is 4.98 Å². The van der Waals surface area contributed by atoms with Crippen molar-refractivity contribution in [3.63, 3.8) is 0 Å². The molecule has 1 N–H and O–H groups in total. The van der Waals surface area contributed by atoms with Crippen molar-refractivity contribution in [3.8, 4) is 0 Å². The largest absolute Gasteiger partial charge is 0.395 e. The van der Waals surface area contributed by atoms with Crippen molar-refractivity contribution in [1.29, 1.82) is 0 Å². The number of aliphatic hydroxyl groups excluding tert-OH is 1. The van der Waals surface area contributed by atoms with Crippen LogP contribution in [0, 0.1) is 10.1 Å². The number of benzene rings is 1. The Morgan fingerprint density at radius 1 is 1.47 bits per heavy atom. The van der Waals surface area contributed by atoms with Crippen LogP contribution in [0.1, 0.15) is 13.3 Å². The van der Waals surface area contributed by atoms with E-state index in [0.717, 1.165) is 11.1 Å². The molecule has 2 rings (SSSR count). The predicted octanol–water partition coefficient (Wildman–Crippen LogP) is 2.41. The minimum Gasteiger partial charge on any atom is -0.395 e. The SMILES string of the molecule is CCCN(CCO)c1ccc2scnc2c1[N+](=O)[O-]. The first-order valence-electron chi connectivity index (χ1n) is 6.05. The fourth-order valence-corrected chi connectivity index (χ4v) is 2.76. The van der Waals surface area contributed by atoms with Crippen molar-refractivity contribution in [3.05, 3.63) is 27.8 Å². The fraction of sp³-hybridized carbons (Fsp3) is 0.417. The summed E-state index contributed by atoms with van der Waals surface area (Å²) in [7, 11) is 0. The van der Waals surface area contributed by atoms with E-state index in [4.69, 9.17) is 5.11 Å². The van der Waals surface area contributed by atoms with Crippen molar-refractivity contribution in [2.45, 2.75) is 13.3 Å². The molecule has 0 aliphatic rings. The Labute approximate surface area is 114 Å². The lowest BCUT2D eigenvalue weighted by Gasteiger charge is -2.22. The van der Waals surface area contributed by atoms with Gasteiger partial charge in [-0.05, 0) is 18.6 Å². The molecule has 0 saturated carbocycles. The third-order valence-corrected chi connectivity index (χ3v) is 3.64. The molecule has 7 heteroatoms. The smallest absolute Gasteiger partial charge is 0.319 e. The van der Waals surface area contributed by atoms with Crippen LogP contribution >= 0.6 is 11.3 Å². The summed E-state index contributed by atoms with van der Waals surface area (Å²) in [5.74, 6) is 0. The number of nitrogens with zero attached hydrogens (tertiary/aromatic N) is 3. The zero-order valence-corrected chi connectivity index (χ0v) is 11.4. The molecule has 19 heavy (non-hydrogen) atoms. The summed E-state index contributed by atoms with van der Waals surface area (Å²) in [6.07, 6.45) is 0.853. The van der Waals surface area contributed by atoms with Crippen LogP contribution in [0.2, 0.25) is 0 Å². The number of fused-ring (bicyclic) bond motifs is 1. The minimum absolute atomic E-state index is 0.0284. The Balaban J connectivity index is 2.56. The highest BCUT2D eigenvalue weighted by molar-refractivity contribution is 7.16. The highest BCUT2D eigenvalue weighted by atomic mass is 32.1. The van der Waals surface area contributed by atoms with Gasteiger partial charge in [0.1, 0.15) is 5.69 Å². The summed E-state index contributed by atoms with van der Waals surface area (Å²) in [5, 5.41) is 20.4. The molecule has 0 bridgehead atoms. The lowest BCUT2D eigenvalue weighted by molar-refractivity contribution is -0.382. The summed E-state index contributed by atoms with van der Waals surface area (Å²) >= 11 is 1.38. The van der Waals surface area contributed by atoms with E-state index in [0.29, 0.717) is 24.3 Å². The first-order valence-corrected chi connectivity index (χ1v) is 6.93. The number of aromatic nitrogens is 1. The molecule has 0 aliphatic carbocycles. The van der Waals surface area contributed by atoms with Crippen LogP contribution in [0.5, 0.6) is 0 Å². The van der Waals surface area contributed by atoms with Crippen LogP contribution in [0.15, 0.2) is 17.6 Å². The van der Waals surface area contributed by atoms with Crippen molar-refractivity contribution < 1.29 is 10.0 Å². The molecular formula is C12H15N3O3S. The maximum Gasteiger partial charge on any atom is 0.319 e. The van der Waals surface area contributed by atoms with Gasteiger partial charge >= 0.3 is 5.69 Å². The molecule has 1 aromatic heterocycles. The molecule has 0 unspecified atom stereocenters. The number of aliphatic hydroxyl groups is 1. The van der Waals surface area contributed by atoms with E-state index in [-0.39, 0.29) is 12.3 Å². The Kier molecular flexibility index (Phi) is 4.28.